The molecule has 0 saturated heterocycles. The molecule has 3 heterocycles. The summed E-state index contributed by atoms with van der Waals surface area (Å²) in [5.74, 6) is 1.46. The highest BCUT2D eigenvalue weighted by molar-refractivity contribution is 7.18. The van der Waals surface area contributed by atoms with Crippen LogP contribution >= 0.6 is 11.3 Å². The molecule has 172 valence electrons. The molecule has 0 fully saturated rings. The van der Waals surface area contributed by atoms with Gasteiger partial charge in [0, 0.05) is 24.0 Å². The molecule has 5 aromatic rings. The van der Waals surface area contributed by atoms with E-state index in [1.807, 2.05) is 61.1 Å². The lowest BCUT2D eigenvalue weighted by Crippen LogP contribution is -2.03. The molecule has 0 atom stereocenters. The van der Waals surface area contributed by atoms with Crippen LogP contribution in [0.5, 0.6) is 11.5 Å². The second kappa shape index (κ2) is 9.88. The van der Waals surface area contributed by atoms with Crippen molar-refractivity contribution in [3.8, 4) is 22.1 Å². The zero-order chi connectivity index (χ0) is 23.3. The third-order valence-electron chi connectivity index (χ3n) is 5.45. The number of imidazole rings is 1. The summed E-state index contributed by atoms with van der Waals surface area (Å²) in [6, 6.07) is 18.1. The van der Waals surface area contributed by atoms with Crippen LogP contribution < -0.4 is 15.2 Å². The van der Waals surface area contributed by atoms with Crippen molar-refractivity contribution < 1.29 is 9.47 Å². The molecule has 5 rings (SSSR count). The summed E-state index contributed by atoms with van der Waals surface area (Å²) in [6.45, 7) is 1.26. The molecule has 0 aliphatic heterocycles. The average Bonchev–Trinajstić information content (AvgIpc) is 3.49. The van der Waals surface area contributed by atoms with Gasteiger partial charge in [-0.15, -0.1) is 10.2 Å². The third kappa shape index (κ3) is 4.84. The number of pyridine rings is 1. The molecule has 8 nitrogen and oxygen atoms in total. The van der Waals surface area contributed by atoms with Crippen LogP contribution in [-0.2, 0) is 13.0 Å². The number of anilines is 1. The maximum Gasteiger partial charge on any atom is 0.203 e. The fourth-order valence-electron chi connectivity index (χ4n) is 3.78. The number of methoxy groups -OCH3 is 1. The summed E-state index contributed by atoms with van der Waals surface area (Å²) < 4.78 is 13.7. The number of nitrogens with zero attached hydrogens (tertiary/aromatic N) is 5. The Hall–Kier alpha value is -3.98. The minimum absolute atomic E-state index is 0.454. The minimum atomic E-state index is 0.454. The Kier molecular flexibility index (Phi) is 6.35. The zero-order valence-corrected chi connectivity index (χ0v) is 19.5. The van der Waals surface area contributed by atoms with Crippen LogP contribution in [0.4, 0.5) is 5.13 Å². The Balaban J connectivity index is 1.26. The molecule has 0 bridgehead atoms. The Labute approximate surface area is 201 Å². The molecule has 0 amide bonds. The summed E-state index contributed by atoms with van der Waals surface area (Å²) in [7, 11) is 1.66. The second-order valence-electron chi connectivity index (χ2n) is 7.78. The van der Waals surface area contributed by atoms with E-state index in [1.165, 1.54) is 11.3 Å². The van der Waals surface area contributed by atoms with Gasteiger partial charge in [0.15, 0.2) is 11.5 Å². The first-order chi connectivity index (χ1) is 16.7. The first kappa shape index (κ1) is 21.8. The van der Waals surface area contributed by atoms with Gasteiger partial charge in [0.05, 0.1) is 31.1 Å². The van der Waals surface area contributed by atoms with Crippen LogP contribution in [0.25, 0.3) is 21.6 Å². The van der Waals surface area contributed by atoms with Gasteiger partial charge >= 0.3 is 0 Å². The highest BCUT2D eigenvalue weighted by Gasteiger charge is 2.11. The predicted octanol–water partition coefficient (Wildman–Crippen LogP) is 4.60. The number of hydrogen-bond donors (Lipinski definition) is 1. The third-order valence-corrected chi connectivity index (χ3v) is 6.25. The van der Waals surface area contributed by atoms with Gasteiger partial charge in [-0.3, -0.25) is 4.98 Å². The van der Waals surface area contributed by atoms with Crippen molar-refractivity contribution in [3.05, 3.63) is 78.4 Å². The van der Waals surface area contributed by atoms with E-state index in [0.717, 1.165) is 57.2 Å². The van der Waals surface area contributed by atoms with Gasteiger partial charge in [-0.2, -0.15) is 0 Å². The highest BCUT2D eigenvalue weighted by atomic mass is 32.1. The molecule has 0 unspecified atom stereocenters. The summed E-state index contributed by atoms with van der Waals surface area (Å²) in [6.07, 6.45) is 5.42. The Bertz CT molecular complexity index is 1400. The van der Waals surface area contributed by atoms with Crippen molar-refractivity contribution in [2.45, 2.75) is 19.4 Å². The van der Waals surface area contributed by atoms with Gasteiger partial charge in [0.25, 0.3) is 0 Å². The van der Waals surface area contributed by atoms with Crippen LogP contribution in [0.1, 0.15) is 17.7 Å². The lowest BCUT2D eigenvalue weighted by molar-refractivity contribution is 0.289. The van der Waals surface area contributed by atoms with E-state index >= 15 is 0 Å². The molecule has 0 radical (unpaired) electrons. The van der Waals surface area contributed by atoms with E-state index in [2.05, 4.69) is 30.8 Å². The van der Waals surface area contributed by atoms with Gasteiger partial charge in [0.2, 0.25) is 5.13 Å². The monoisotopic (exact) mass is 472 g/mol. The zero-order valence-electron chi connectivity index (χ0n) is 18.7. The highest BCUT2D eigenvalue weighted by Crippen LogP contribution is 2.30. The molecule has 0 aliphatic rings. The van der Waals surface area contributed by atoms with Gasteiger partial charge < -0.3 is 19.8 Å². The topological polar surface area (TPSA) is 101 Å². The van der Waals surface area contributed by atoms with E-state index in [-0.39, 0.29) is 0 Å². The molecule has 34 heavy (non-hydrogen) atoms. The number of aryl methyl sites for hydroxylation is 1. The SMILES string of the molecule is COc1cc(Cn2cnc3cc(-c4nnc(N)s4)ccc32)ccc1OCCCc1ccccn1. The standard InChI is InChI=1S/C25H24N6O2S/c1-32-23-13-17(7-10-22(23)33-12-4-6-19-5-2-3-11-27-19)15-31-16-28-20-14-18(8-9-21(20)31)24-29-30-25(26)34-24/h2-3,5,7-11,13-14,16H,4,6,12,15H2,1H3,(H2,26,30). The van der Waals surface area contributed by atoms with Crippen LogP contribution in [0.3, 0.4) is 0 Å². The second-order valence-corrected chi connectivity index (χ2v) is 8.79. The van der Waals surface area contributed by atoms with Crippen LogP contribution in [0.15, 0.2) is 67.1 Å². The minimum Gasteiger partial charge on any atom is -0.493 e. The number of nitrogen functional groups attached to an aromatic ring is 1. The number of benzene rings is 2. The molecule has 0 spiro atoms. The average molecular weight is 473 g/mol. The maximum atomic E-state index is 5.98. The predicted molar refractivity (Wildman–Crippen MR) is 133 cm³/mol. The van der Waals surface area contributed by atoms with Gasteiger partial charge in [0.1, 0.15) is 5.01 Å². The van der Waals surface area contributed by atoms with E-state index in [9.17, 15) is 0 Å². The first-order valence-electron chi connectivity index (χ1n) is 10.9. The van der Waals surface area contributed by atoms with Gasteiger partial charge in [-0.05, 0) is 60.9 Å². The number of hydrogen-bond acceptors (Lipinski definition) is 8. The van der Waals surface area contributed by atoms with Crippen molar-refractivity contribution >= 4 is 27.5 Å². The Morgan fingerprint density at radius 3 is 2.74 bits per heavy atom. The number of ether oxygens (including phenoxy) is 2. The summed E-state index contributed by atoms with van der Waals surface area (Å²) in [5, 5.41) is 9.25. The molecule has 0 aliphatic carbocycles. The molecule has 9 heteroatoms. The maximum absolute atomic E-state index is 5.98. The number of rotatable bonds is 9. The van der Waals surface area contributed by atoms with Crippen LogP contribution in [0.2, 0.25) is 0 Å². The van der Waals surface area contributed by atoms with Crippen molar-refractivity contribution in [1.29, 1.82) is 0 Å². The molecule has 0 saturated carbocycles. The normalized spacial score (nSPS) is 11.1. The Morgan fingerprint density at radius 1 is 1.00 bits per heavy atom. The fraction of sp³-hybridized carbons (Fsp3) is 0.200. The van der Waals surface area contributed by atoms with Crippen LogP contribution in [0, 0.1) is 0 Å². The molecular formula is C25H24N6O2S. The molecule has 3 aromatic heterocycles. The largest absolute Gasteiger partial charge is 0.493 e. The summed E-state index contributed by atoms with van der Waals surface area (Å²) in [4.78, 5) is 8.92. The number of fused-ring (bicyclic) bond motifs is 1. The fourth-order valence-corrected chi connectivity index (χ4v) is 4.39. The summed E-state index contributed by atoms with van der Waals surface area (Å²) in [5.41, 5.74) is 10.8. The van der Waals surface area contributed by atoms with E-state index in [0.29, 0.717) is 18.3 Å². The molecular weight excluding hydrogens is 448 g/mol. The van der Waals surface area contributed by atoms with Crippen molar-refractivity contribution in [1.82, 2.24) is 24.7 Å². The Morgan fingerprint density at radius 2 is 1.94 bits per heavy atom. The van der Waals surface area contributed by atoms with Crippen LogP contribution in [-0.4, -0.2) is 38.4 Å². The van der Waals surface area contributed by atoms with Crippen molar-refractivity contribution in [2.24, 2.45) is 0 Å². The lowest BCUT2D eigenvalue weighted by Gasteiger charge is -2.13. The molecule has 2 N–H and O–H groups in total. The first-order valence-corrected chi connectivity index (χ1v) is 11.7. The van der Waals surface area contributed by atoms with E-state index in [1.54, 1.807) is 7.11 Å². The van der Waals surface area contributed by atoms with E-state index < -0.39 is 0 Å². The van der Waals surface area contributed by atoms with Crippen molar-refractivity contribution in [2.75, 3.05) is 19.5 Å². The molecule has 2 aromatic carbocycles. The summed E-state index contributed by atoms with van der Waals surface area (Å²) >= 11 is 1.36. The number of nitrogens with two attached hydrogens (primary N) is 1. The van der Waals surface area contributed by atoms with Crippen molar-refractivity contribution in [3.63, 3.8) is 0 Å². The van der Waals surface area contributed by atoms with Gasteiger partial charge in [-0.25, -0.2) is 4.98 Å². The smallest absolute Gasteiger partial charge is 0.203 e. The van der Waals surface area contributed by atoms with Gasteiger partial charge in [-0.1, -0.05) is 23.5 Å². The van der Waals surface area contributed by atoms with E-state index in [4.69, 9.17) is 15.2 Å². The number of aromatic nitrogens is 5. The lowest BCUT2D eigenvalue weighted by atomic mass is 10.1. The quantitative estimate of drug-likeness (QED) is 0.313.